The number of carbonyl (C=O) groups excluding carboxylic acids is 2. The van der Waals surface area contributed by atoms with Gasteiger partial charge in [-0.25, -0.2) is 4.79 Å². The van der Waals surface area contributed by atoms with Crippen molar-refractivity contribution in [2.45, 2.75) is 6.42 Å². The molecule has 0 aliphatic heterocycles. The average Bonchev–Trinajstić information content (AvgIpc) is 2.38. The van der Waals surface area contributed by atoms with E-state index in [9.17, 15) is 9.59 Å². The number of amides is 3. The van der Waals surface area contributed by atoms with Crippen molar-refractivity contribution in [1.82, 2.24) is 10.6 Å². The Kier molecular flexibility index (Phi) is 6.27. The predicted molar refractivity (Wildman–Crippen MR) is 68.2 cm³/mol. The highest BCUT2D eigenvalue weighted by Crippen LogP contribution is 2.03. The highest BCUT2D eigenvalue weighted by Gasteiger charge is 2.04. The Hall–Kier alpha value is -2.08. The van der Waals surface area contributed by atoms with Gasteiger partial charge in [0.25, 0.3) is 0 Å². The lowest BCUT2D eigenvalue weighted by atomic mass is 10.3. The number of para-hydroxylation sites is 1. The molecule has 98 valence electrons. The number of anilines is 1. The largest absolute Gasteiger partial charge is 0.396 e. The zero-order chi connectivity index (χ0) is 13.2. The van der Waals surface area contributed by atoms with E-state index < -0.39 is 6.03 Å². The van der Waals surface area contributed by atoms with Gasteiger partial charge in [0.2, 0.25) is 5.91 Å². The zero-order valence-corrected chi connectivity index (χ0v) is 9.98. The van der Waals surface area contributed by atoms with Crippen molar-refractivity contribution < 1.29 is 14.7 Å². The Balaban J connectivity index is 2.19. The Morgan fingerprint density at radius 3 is 2.50 bits per heavy atom. The molecule has 6 heteroatoms. The van der Waals surface area contributed by atoms with Crippen LogP contribution in [0.3, 0.4) is 0 Å². The van der Waals surface area contributed by atoms with Crippen LogP contribution in [0.15, 0.2) is 30.3 Å². The molecule has 6 nitrogen and oxygen atoms in total. The van der Waals surface area contributed by atoms with Crippen LogP contribution in [0.4, 0.5) is 10.5 Å². The topological polar surface area (TPSA) is 90.5 Å². The molecule has 3 amide bonds. The Bertz CT molecular complexity index is 381. The second-order valence-electron chi connectivity index (χ2n) is 3.60. The summed E-state index contributed by atoms with van der Waals surface area (Å²) in [6.07, 6.45) is 0.502. The van der Waals surface area contributed by atoms with Crippen molar-refractivity contribution in [3.8, 4) is 0 Å². The molecule has 0 radical (unpaired) electrons. The fourth-order valence-electron chi connectivity index (χ4n) is 1.23. The van der Waals surface area contributed by atoms with E-state index >= 15 is 0 Å². The third-order valence-electron chi connectivity index (χ3n) is 2.10. The minimum atomic E-state index is -0.432. The van der Waals surface area contributed by atoms with E-state index in [2.05, 4.69) is 16.0 Å². The molecular weight excluding hydrogens is 234 g/mol. The minimum absolute atomic E-state index is 0.0300. The molecule has 1 aromatic rings. The van der Waals surface area contributed by atoms with Crippen LogP contribution in [-0.2, 0) is 4.79 Å². The van der Waals surface area contributed by atoms with E-state index in [1.165, 1.54) is 0 Å². The van der Waals surface area contributed by atoms with Gasteiger partial charge in [0.15, 0.2) is 0 Å². The van der Waals surface area contributed by atoms with Crippen LogP contribution in [0.2, 0.25) is 0 Å². The van der Waals surface area contributed by atoms with Crippen LogP contribution in [0.1, 0.15) is 6.42 Å². The molecule has 0 bridgehead atoms. The van der Waals surface area contributed by atoms with Crippen molar-refractivity contribution in [2.75, 3.05) is 25.0 Å². The maximum absolute atomic E-state index is 11.4. The number of benzene rings is 1. The van der Waals surface area contributed by atoms with Gasteiger partial charge in [-0.3, -0.25) is 4.79 Å². The molecule has 0 spiro atoms. The summed E-state index contributed by atoms with van der Waals surface area (Å²) in [5, 5.41) is 16.1. The van der Waals surface area contributed by atoms with Gasteiger partial charge >= 0.3 is 6.03 Å². The van der Waals surface area contributed by atoms with Gasteiger partial charge in [0.05, 0.1) is 6.54 Å². The van der Waals surface area contributed by atoms with Crippen molar-refractivity contribution in [1.29, 1.82) is 0 Å². The van der Waals surface area contributed by atoms with Crippen molar-refractivity contribution in [2.24, 2.45) is 0 Å². The number of carbonyl (C=O) groups is 2. The third kappa shape index (κ3) is 5.86. The maximum Gasteiger partial charge on any atom is 0.319 e. The first-order valence-electron chi connectivity index (χ1n) is 5.70. The monoisotopic (exact) mass is 251 g/mol. The highest BCUT2D eigenvalue weighted by atomic mass is 16.3. The van der Waals surface area contributed by atoms with Crippen LogP contribution in [0.25, 0.3) is 0 Å². The lowest BCUT2D eigenvalue weighted by Crippen LogP contribution is -2.39. The Morgan fingerprint density at radius 2 is 1.83 bits per heavy atom. The van der Waals surface area contributed by atoms with E-state index in [0.717, 1.165) is 0 Å². The summed E-state index contributed by atoms with van der Waals surface area (Å²) in [5.41, 5.74) is 0.663. The molecule has 1 rings (SSSR count). The summed E-state index contributed by atoms with van der Waals surface area (Å²) >= 11 is 0. The van der Waals surface area contributed by atoms with E-state index in [1.807, 2.05) is 6.07 Å². The van der Waals surface area contributed by atoms with Crippen LogP contribution >= 0.6 is 0 Å². The van der Waals surface area contributed by atoms with Crippen molar-refractivity contribution in [3.63, 3.8) is 0 Å². The number of aliphatic hydroxyl groups excluding tert-OH is 1. The lowest BCUT2D eigenvalue weighted by molar-refractivity contribution is -0.120. The highest BCUT2D eigenvalue weighted by molar-refractivity contribution is 5.92. The quantitative estimate of drug-likeness (QED) is 0.548. The van der Waals surface area contributed by atoms with Gasteiger partial charge in [-0.2, -0.15) is 0 Å². The van der Waals surface area contributed by atoms with Gasteiger partial charge in [-0.15, -0.1) is 0 Å². The molecule has 0 aromatic heterocycles. The number of urea groups is 1. The summed E-state index contributed by atoms with van der Waals surface area (Å²) in [6.45, 7) is 0.337. The first-order valence-corrected chi connectivity index (χ1v) is 5.70. The summed E-state index contributed by atoms with van der Waals surface area (Å²) < 4.78 is 0. The summed E-state index contributed by atoms with van der Waals surface area (Å²) in [7, 11) is 0. The maximum atomic E-state index is 11.4. The number of hydrogen-bond acceptors (Lipinski definition) is 3. The number of aliphatic hydroxyl groups is 1. The molecule has 0 aliphatic carbocycles. The van der Waals surface area contributed by atoms with E-state index in [0.29, 0.717) is 18.7 Å². The number of rotatable bonds is 6. The van der Waals surface area contributed by atoms with E-state index in [1.54, 1.807) is 24.3 Å². The lowest BCUT2D eigenvalue weighted by Gasteiger charge is -2.07. The second kappa shape index (κ2) is 8.08. The molecule has 1 aromatic carbocycles. The first kappa shape index (κ1) is 14.0. The summed E-state index contributed by atoms with van der Waals surface area (Å²) in [6, 6.07) is 8.52. The van der Waals surface area contributed by atoms with Gasteiger partial charge in [0.1, 0.15) is 0 Å². The van der Waals surface area contributed by atoms with Crippen LogP contribution in [-0.4, -0.2) is 36.7 Å². The molecule has 0 unspecified atom stereocenters. The molecule has 0 atom stereocenters. The smallest absolute Gasteiger partial charge is 0.319 e. The molecule has 18 heavy (non-hydrogen) atoms. The predicted octanol–water partition coefficient (Wildman–Crippen LogP) is 0.307. The Morgan fingerprint density at radius 1 is 1.11 bits per heavy atom. The molecular formula is C12H17N3O3. The molecule has 4 N–H and O–H groups in total. The molecule has 0 saturated carbocycles. The molecule has 0 heterocycles. The number of hydrogen-bond donors (Lipinski definition) is 4. The Labute approximate surface area is 105 Å². The van der Waals surface area contributed by atoms with Crippen LogP contribution < -0.4 is 16.0 Å². The van der Waals surface area contributed by atoms with Crippen LogP contribution in [0, 0.1) is 0 Å². The van der Waals surface area contributed by atoms with E-state index in [-0.39, 0.29) is 19.1 Å². The summed E-state index contributed by atoms with van der Waals surface area (Å²) in [5.74, 6) is -0.285. The SMILES string of the molecule is O=C(CNC(=O)Nc1ccccc1)NCCCO. The van der Waals surface area contributed by atoms with Gasteiger partial charge in [0, 0.05) is 18.8 Å². The average molecular weight is 251 g/mol. The summed E-state index contributed by atoms with van der Waals surface area (Å²) in [4.78, 5) is 22.6. The molecule has 0 saturated heterocycles. The molecule has 0 fully saturated rings. The molecule has 0 aliphatic rings. The fourth-order valence-corrected chi connectivity index (χ4v) is 1.23. The van der Waals surface area contributed by atoms with Gasteiger partial charge in [-0.1, -0.05) is 18.2 Å². The van der Waals surface area contributed by atoms with Crippen molar-refractivity contribution >= 4 is 17.6 Å². The second-order valence-corrected chi connectivity index (χ2v) is 3.60. The fraction of sp³-hybridized carbons (Fsp3) is 0.333. The van der Waals surface area contributed by atoms with Crippen molar-refractivity contribution in [3.05, 3.63) is 30.3 Å². The minimum Gasteiger partial charge on any atom is -0.396 e. The van der Waals surface area contributed by atoms with Gasteiger partial charge in [-0.05, 0) is 18.6 Å². The standard InChI is InChI=1S/C12H17N3O3/c16-8-4-7-13-11(17)9-14-12(18)15-10-5-2-1-3-6-10/h1-3,5-6,16H,4,7-9H2,(H,13,17)(H2,14,15,18). The third-order valence-corrected chi connectivity index (χ3v) is 2.10. The number of nitrogens with one attached hydrogen (secondary N) is 3. The van der Waals surface area contributed by atoms with Gasteiger partial charge < -0.3 is 21.1 Å². The zero-order valence-electron chi connectivity index (χ0n) is 9.98. The first-order chi connectivity index (χ1) is 8.72. The van der Waals surface area contributed by atoms with E-state index in [4.69, 9.17) is 5.11 Å². The normalized spacial score (nSPS) is 9.61. The van der Waals surface area contributed by atoms with Crippen LogP contribution in [0.5, 0.6) is 0 Å².